The summed E-state index contributed by atoms with van der Waals surface area (Å²) in [6, 6.07) is 0.345. The first-order valence-corrected chi connectivity index (χ1v) is 5.43. The van der Waals surface area contributed by atoms with Crippen LogP contribution in [0.25, 0.3) is 0 Å². The zero-order chi connectivity index (χ0) is 9.68. The molecule has 0 heterocycles. The van der Waals surface area contributed by atoms with Gasteiger partial charge in [-0.3, -0.25) is 9.59 Å². The monoisotopic (exact) mass is 203 g/mol. The Morgan fingerprint density at radius 1 is 1.38 bits per heavy atom. The zero-order valence-electron chi connectivity index (χ0n) is 7.28. The maximum Gasteiger partial charge on any atom is 0.313 e. The second kappa shape index (κ2) is 5.11. The van der Waals surface area contributed by atoms with Crippen molar-refractivity contribution in [3.8, 4) is 0 Å². The summed E-state index contributed by atoms with van der Waals surface area (Å²) in [5.41, 5.74) is 0. The van der Waals surface area contributed by atoms with Gasteiger partial charge in [0, 0.05) is 6.04 Å². The van der Waals surface area contributed by atoms with Crippen LogP contribution in [0.1, 0.15) is 19.3 Å². The highest BCUT2D eigenvalue weighted by Gasteiger charge is 2.18. The summed E-state index contributed by atoms with van der Waals surface area (Å²) < 4.78 is 0. The Hall–Kier alpha value is -0.710. The molecule has 1 saturated carbocycles. The van der Waals surface area contributed by atoms with Gasteiger partial charge >= 0.3 is 5.97 Å². The molecule has 1 aliphatic rings. The van der Waals surface area contributed by atoms with Gasteiger partial charge in [-0.25, -0.2) is 0 Å². The van der Waals surface area contributed by atoms with Crippen molar-refractivity contribution in [1.82, 2.24) is 5.32 Å². The van der Waals surface area contributed by atoms with E-state index in [1.54, 1.807) is 0 Å². The molecular formula is C8H13NO3S. The second-order valence-corrected chi connectivity index (χ2v) is 4.07. The average molecular weight is 203 g/mol. The van der Waals surface area contributed by atoms with Gasteiger partial charge in [-0.05, 0) is 19.3 Å². The molecule has 1 fully saturated rings. The molecule has 0 aromatic carbocycles. The molecule has 74 valence electrons. The maximum absolute atomic E-state index is 11.1. The zero-order valence-corrected chi connectivity index (χ0v) is 8.10. The van der Waals surface area contributed by atoms with Gasteiger partial charge in [0.1, 0.15) is 0 Å². The number of carboxylic acids is 1. The first kappa shape index (κ1) is 10.4. The standard InChI is InChI=1S/C8H13NO3S/c10-7(4-13-5-8(11)12)9-6-2-1-3-6/h6H,1-5H2,(H,9,10)(H,11,12). The number of carbonyl (C=O) groups excluding carboxylic acids is 1. The van der Waals surface area contributed by atoms with Crippen LogP contribution in [-0.2, 0) is 9.59 Å². The van der Waals surface area contributed by atoms with Crippen LogP contribution in [0.15, 0.2) is 0 Å². The lowest BCUT2D eigenvalue weighted by atomic mass is 9.93. The van der Waals surface area contributed by atoms with Crippen molar-refractivity contribution in [2.45, 2.75) is 25.3 Å². The molecule has 0 aromatic rings. The van der Waals surface area contributed by atoms with Crippen molar-refractivity contribution < 1.29 is 14.7 Å². The predicted octanol–water partition coefficient (Wildman–Crippen LogP) is 0.473. The molecule has 0 unspecified atom stereocenters. The van der Waals surface area contributed by atoms with Gasteiger partial charge < -0.3 is 10.4 Å². The van der Waals surface area contributed by atoms with Crippen molar-refractivity contribution >= 4 is 23.6 Å². The smallest absolute Gasteiger partial charge is 0.313 e. The summed E-state index contributed by atoms with van der Waals surface area (Å²) in [5, 5.41) is 11.2. The van der Waals surface area contributed by atoms with Crippen LogP contribution in [0.5, 0.6) is 0 Å². The van der Waals surface area contributed by atoms with Crippen LogP contribution in [0, 0.1) is 0 Å². The maximum atomic E-state index is 11.1. The van der Waals surface area contributed by atoms with Crippen LogP contribution in [0.4, 0.5) is 0 Å². The quantitative estimate of drug-likeness (QED) is 0.681. The highest BCUT2D eigenvalue weighted by molar-refractivity contribution is 8.00. The fourth-order valence-electron chi connectivity index (χ4n) is 1.05. The van der Waals surface area contributed by atoms with E-state index in [4.69, 9.17) is 5.11 Å². The van der Waals surface area contributed by atoms with Gasteiger partial charge in [-0.1, -0.05) is 0 Å². The molecule has 0 atom stereocenters. The molecular weight excluding hydrogens is 190 g/mol. The minimum absolute atomic E-state index is 0.00190. The highest BCUT2D eigenvalue weighted by Crippen LogP contribution is 2.17. The number of nitrogens with one attached hydrogen (secondary N) is 1. The molecule has 0 radical (unpaired) electrons. The van der Waals surface area contributed by atoms with E-state index < -0.39 is 5.97 Å². The number of rotatable bonds is 5. The van der Waals surface area contributed by atoms with Crippen LogP contribution >= 0.6 is 11.8 Å². The molecule has 0 aliphatic heterocycles. The predicted molar refractivity (Wildman–Crippen MR) is 50.7 cm³/mol. The summed E-state index contributed by atoms with van der Waals surface area (Å²) >= 11 is 1.13. The molecule has 2 N–H and O–H groups in total. The molecule has 4 nitrogen and oxygen atoms in total. The van der Waals surface area contributed by atoms with Gasteiger partial charge in [-0.15, -0.1) is 11.8 Å². The van der Waals surface area contributed by atoms with E-state index in [0.717, 1.165) is 24.6 Å². The van der Waals surface area contributed by atoms with E-state index in [2.05, 4.69) is 5.32 Å². The lowest BCUT2D eigenvalue weighted by Crippen LogP contribution is -2.40. The minimum atomic E-state index is -0.874. The topological polar surface area (TPSA) is 66.4 Å². The lowest BCUT2D eigenvalue weighted by molar-refractivity contribution is -0.133. The van der Waals surface area contributed by atoms with E-state index in [1.807, 2.05) is 0 Å². The molecule has 0 bridgehead atoms. The minimum Gasteiger partial charge on any atom is -0.481 e. The van der Waals surface area contributed by atoms with Crippen molar-refractivity contribution in [3.05, 3.63) is 0 Å². The van der Waals surface area contributed by atoms with Gasteiger partial charge in [-0.2, -0.15) is 0 Å². The van der Waals surface area contributed by atoms with Crippen molar-refractivity contribution in [3.63, 3.8) is 0 Å². The van der Waals surface area contributed by atoms with Crippen molar-refractivity contribution in [2.24, 2.45) is 0 Å². The second-order valence-electron chi connectivity index (χ2n) is 3.08. The third-order valence-electron chi connectivity index (χ3n) is 1.93. The van der Waals surface area contributed by atoms with E-state index in [9.17, 15) is 9.59 Å². The van der Waals surface area contributed by atoms with Crippen molar-refractivity contribution in [1.29, 1.82) is 0 Å². The van der Waals surface area contributed by atoms with Gasteiger partial charge in [0.05, 0.1) is 11.5 Å². The number of hydrogen-bond acceptors (Lipinski definition) is 3. The number of aliphatic carboxylic acids is 1. The first-order valence-electron chi connectivity index (χ1n) is 4.27. The largest absolute Gasteiger partial charge is 0.481 e. The lowest BCUT2D eigenvalue weighted by Gasteiger charge is -2.26. The highest BCUT2D eigenvalue weighted by atomic mass is 32.2. The van der Waals surface area contributed by atoms with E-state index in [0.29, 0.717) is 6.04 Å². The van der Waals surface area contributed by atoms with Crippen LogP contribution in [0.2, 0.25) is 0 Å². The molecule has 1 amide bonds. The fourth-order valence-corrected chi connectivity index (χ4v) is 1.60. The summed E-state index contributed by atoms with van der Waals surface area (Å²) in [5.74, 6) is -0.668. The Morgan fingerprint density at radius 2 is 2.08 bits per heavy atom. The molecule has 13 heavy (non-hydrogen) atoms. The summed E-state index contributed by atoms with van der Waals surface area (Å²) in [7, 11) is 0. The number of thioether (sulfide) groups is 1. The van der Waals surface area contributed by atoms with E-state index in [-0.39, 0.29) is 17.4 Å². The van der Waals surface area contributed by atoms with Crippen molar-refractivity contribution in [2.75, 3.05) is 11.5 Å². The first-order chi connectivity index (χ1) is 6.18. The number of amides is 1. The fraction of sp³-hybridized carbons (Fsp3) is 0.750. The summed E-state index contributed by atoms with van der Waals surface area (Å²) in [6.45, 7) is 0. The molecule has 0 spiro atoms. The average Bonchev–Trinajstić information content (AvgIpc) is 1.96. The van der Waals surface area contributed by atoms with Crippen LogP contribution in [-0.4, -0.2) is 34.5 Å². The van der Waals surface area contributed by atoms with Crippen LogP contribution < -0.4 is 5.32 Å². The number of carboxylic acid groups (broad SMARTS) is 1. The van der Waals surface area contributed by atoms with Gasteiger partial charge in [0.25, 0.3) is 0 Å². The molecule has 0 aromatic heterocycles. The summed E-state index contributed by atoms with van der Waals surface area (Å²) in [4.78, 5) is 21.2. The Balaban J connectivity index is 2.00. The Kier molecular flexibility index (Phi) is 4.08. The Labute approximate surface area is 81.1 Å². The van der Waals surface area contributed by atoms with Gasteiger partial charge in [0.2, 0.25) is 5.91 Å². The van der Waals surface area contributed by atoms with E-state index >= 15 is 0 Å². The Bertz CT molecular complexity index is 204. The normalized spacial score (nSPS) is 16.3. The van der Waals surface area contributed by atoms with Gasteiger partial charge in [0.15, 0.2) is 0 Å². The molecule has 0 saturated heterocycles. The third kappa shape index (κ3) is 4.17. The molecule has 5 heteroatoms. The third-order valence-corrected chi connectivity index (χ3v) is 2.85. The summed E-state index contributed by atoms with van der Waals surface area (Å²) in [6.07, 6.45) is 3.32. The van der Waals surface area contributed by atoms with Crippen LogP contribution in [0.3, 0.4) is 0 Å². The van der Waals surface area contributed by atoms with E-state index in [1.165, 1.54) is 6.42 Å². The Morgan fingerprint density at radius 3 is 2.54 bits per heavy atom. The molecule has 1 aliphatic carbocycles. The SMILES string of the molecule is O=C(O)CSCC(=O)NC1CCC1. The number of hydrogen-bond donors (Lipinski definition) is 2. The molecule has 1 rings (SSSR count). The number of carbonyl (C=O) groups is 2.